The van der Waals surface area contributed by atoms with Crippen LogP contribution in [0, 0.1) is 25.5 Å². The van der Waals surface area contributed by atoms with Crippen molar-refractivity contribution in [1.82, 2.24) is 19.6 Å². The van der Waals surface area contributed by atoms with Gasteiger partial charge < -0.3 is 9.80 Å². The lowest BCUT2D eigenvalue weighted by Gasteiger charge is -2.34. The van der Waals surface area contributed by atoms with Crippen LogP contribution in [0.1, 0.15) is 32.9 Å². The fourth-order valence-corrected chi connectivity index (χ4v) is 4.29. The Labute approximate surface area is 207 Å². The molecular weight excluding hydrogens is 474 g/mol. The van der Waals surface area contributed by atoms with E-state index in [2.05, 4.69) is 5.10 Å². The summed E-state index contributed by atoms with van der Waals surface area (Å²) in [5.41, 5.74) is 3.65. The first-order valence-electron chi connectivity index (χ1n) is 11.2. The van der Waals surface area contributed by atoms with Crippen molar-refractivity contribution < 1.29 is 18.4 Å². The molecule has 2 amide bonds. The highest BCUT2D eigenvalue weighted by atomic mass is 35.5. The highest BCUT2D eigenvalue weighted by molar-refractivity contribution is 6.31. The Kier molecular flexibility index (Phi) is 7.31. The fraction of sp³-hybridized carbons (Fsp3) is 0.269. The number of carbonyl (C=O) groups excluding carboxylic acids is 2. The predicted octanol–water partition coefficient (Wildman–Crippen LogP) is 4.48. The number of nitrogens with zero attached hydrogens (tertiary/aromatic N) is 4. The third kappa shape index (κ3) is 5.43. The van der Waals surface area contributed by atoms with Crippen LogP contribution in [0.4, 0.5) is 8.78 Å². The van der Waals surface area contributed by atoms with Crippen LogP contribution < -0.4 is 0 Å². The van der Waals surface area contributed by atoms with Crippen LogP contribution in [0.3, 0.4) is 0 Å². The quantitative estimate of drug-likeness (QED) is 0.487. The molecule has 3 aromatic rings. The number of aryl methyl sites for hydroxylation is 1. The number of piperazine rings is 1. The number of hydrogen-bond donors (Lipinski definition) is 0. The van der Waals surface area contributed by atoms with E-state index < -0.39 is 11.6 Å². The maximum atomic E-state index is 13.5. The van der Waals surface area contributed by atoms with Gasteiger partial charge in [0.2, 0.25) is 5.91 Å². The van der Waals surface area contributed by atoms with E-state index in [9.17, 15) is 18.4 Å². The molecule has 0 spiro atoms. The van der Waals surface area contributed by atoms with Gasteiger partial charge in [-0.25, -0.2) is 8.78 Å². The van der Waals surface area contributed by atoms with Crippen molar-refractivity contribution in [2.45, 2.75) is 20.4 Å². The third-order valence-electron chi connectivity index (χ3n) is 6.15. The van der Waals surface area contributed by atoms with Crippen LogP contribution in [0.5, 0.6) is 0 Å². The second kappa shape index (κ2) is 10.4. The van der Waals surface area contributed by atoms with Gasteiger partial charge in [0, 0.05) is 54.1 Å². The summed E-state index contributed by atoms with van der Waals surface area (Å²) in [4.78, 5) is 28.5. The molecule has 2 heterocycles. The van der Waals surface area contributed by atoms with Crippen LogP contribution in [0.25, 0.3) is 6.08 Å². The van der Waals surface area contributed by atoms with Gasteiger partial charge in [-0.05, 0) is 49.8 Å². The molecule has 1 aliphatic rings. The summed E-state index contributed by atoms with van der Waals surface area (Å²) < 4.78 is 28.5. The molecule has 4 rings (SSSR count). The zero-order chi connectivity index (χ0) is 25.1. The first kappa shape index (κ1) is 24.6. The van der Waals surface area contributed by atoms with Gasteiger partial charge in [-0.3, -0.25) is 14.3 Å². The summed E-state index contributed by atoms with van der Waals surface area (Å²) in [6.07, 6.45) is 3.28. The minimum Gasteiger partial charge on any atom is -0.336 e. The Hall–Kier alpha value is -3.52. The lowest BCUT2D eigenvalue weighted by Crippen LogP contribution is -2.50. The van der Waals surface area contributed by atoms with Crippen LogP contribution >= 0.6 is 11.6 Å². The van der Waals surface area contributed by atoms with E-state index in [1.54, 1.807) is 11.0 Å². The number of benzene rings is 2. The van der Waals surface area contributed by atoms with E-state index in [4.69, 9.17) is 11.6 Å². The SMILES string of the molecule is Cc1nn(Cc2ccccc2Cl)c(C)c1C=CC(=O)N1CCN(C(=O)c2ccc(F)c(F)c2)CC1. The first-order valence-corrected chi connectivity index (χ1v) is 11.6. The van der Waals surface area contributed by atoms with Gasteiger partial charge in [-0.1, -0.05) is 29.8 Å². The van der Waals surface area contributed by atoms with Crippen molar-refractivity contribution in [3.63, 3.8) is 0 Å². The maximum Gasteiger partial charge on any atom is 0.254 e. The number of aromatic nitrogens is 2. The highest BCUT2D eigenvalue weighted by Crippen LogP contribution is 2.20. The van der Waals surface area contributed by atoms with Crippen molar-refractivity contribution in [2.24, 2.45) is 0 Å². The fourth-order valence-electron chi connectivity index (χ4n) is 4.10. The van der Waals surface area contributed by atoms with Crippen molar-refractivity contribution >= 4 is 29.5 Å². The standard InChI is InChI=1S/C26H25ClF2N4O2/c1-17-21(18(2)33(30-17)16-20-5-3-4-6-22(20)27)8-10-25(34)31-11-13-32(14-12-31)26(35)19-7-9-23(28)24(29)15-19/h3-10,15H,11-14,16H2,1-2H3. The second-order valence-electron chi connectivity index (χ2n) is 8.41. The molecule has 0 aliphatic carbocycles. The van der Waals surface area contributed by atoms with Gasteiger partial charge in [0.15, 0.2) is 11.6 Å². The van der Waals surface area contributed by atoms with E-state index >= 15 is 0 Å². The zero-order valence-corrected chi connectivity index (χ0v) is 20.2. The smallest absolute Gasteiger partial charge is 0.254 e. The van der Waals surface area contributed by atoms with Gasteiger partial charge in [0.05, 0.1) is 12.2 Å². The number of hydrogen-bond acceptors (Lipinski definition) is 3. The van der Waals surface area contributed by atoms with Gasteiger partial charge in [0.25, 0.3) is 5.91 Å². The zero-order valence-electron chi connectivity index (χ0n) is 19.5. The van der Waals surface area contributed by atoms with Crippen molar-refractivity contribution in [3.8, 4) is 0 Å². The van der Waals surface area contributed by atoms with Crippen LogP contribution in [-0.4, -0.2) is 57.6 Å². The molecular formula is C26H25ClF2N4O2. The van der Waals surface area contributed by atoms with Crippen molar-refractivity contribution in [3.05, 3.63) is 93.3 Å². The molecule has 0 unspecified atom stereocenters. The molecule has 6 nitrogen and oxygen atoms in total. The summed E-state index contributed by atoms with van der Waals surface area (Å²) in [6, 6.07) is 10.7. The molecule has 182 valence electrons. The molecule has 9 heteroatoms. The normalized spacial score (nSPS) is 14.1. The molecule has 1 fully saturated rings. The van der Waals surface area contributed by atoms with E-state index in [0.717, 1.165) is 34.6 Å². The highest BCUT2D eigenvalue weighted by Gasteiger charge is 2.24. The average Bonchev–Trinajstić information content (AvgIpc) is 3.12. The van der Waals surface area contributed by atoms with Crippen LogP contribution in [0.15, 0.2) is 48.5 Å². The number of amides is 2. The van der Waals surface area contributed by atoms with E-state index in [-0.39, 0.29) is 17.4 Å². The molecule has 0 radical (unpaired) electrons. The number of carbonyl (C=O) groups is 2. The third-order valence-corrected chi connectivity index (χ3v) is 6.52. The molecule has 0 atom stereocenters. The Bertz CT molecular complexity index is 1300. The summed E-state index contributed by atoms with van der Waals surface area (Å²) >= 11 is 6.28. The number of halogens is 3. The Morgan fingerprint density at radius 2 is 1.69 bits per heavy atom. The molecule has 1 saturated heterocycles. The molecule has 1 aromatic heterocycles. The molecule has 0 bridgehead atoms. The summed E-state index contributed by atoms with van der Waals surface area (Å²) in [5, 5.41) is 5.27. The maximum absolute atomic E-state index is 13.5. The monoisotopic (exact) mass is 498 g/mol. The van der Waals surface area contributed by atoms with Crippen LogP contribution in [0.2, 0.25) is 5.02 Å². The topological polar surface area (TPSA) is 58.4 Å². The summed E-state index contributed by atoms with van der Waals surface area (Å²) in [7, 11) is 0. The van der Waals surface area contributed by atoms with Crippen LogP contribution in [-0.2, 0) is 11.3 Å². The Morgan fingerprint density at radius 1 is 1.00 bits per heavy atom. The average molecular weight is 499 g/mol. The minimum atomic E-state index is -1.06. The van der Waals surface area contributed by atoms with E-state index in [1.165, 1.54) is 17.0 Å². The lowest BCUT2D eigenvalue weighted by molar-refractivity contribution is -0.127. The summed E-state index contributed by atoms with van der Waals surface area (Å²) in [6.45, 7) is 5.69. The molecule has 0 N–H and O–H groups in total. The van der Waals surface area contributed by atoms with Gasteiger partial charge in [-0.15, -0.1) is 0 Å². The predicted molar refractivity (Wildman–Crippen MR) is 130 cm³/mol. The van der Waals surface area contributed by atoms with Crippen molar-refractivity contribution in [2.75, 3.05) is 26.2 Å². The number of rotatable bonds is 5. The van der Waals surface area contributed by atoms with Gasteiger partial charge in [-0.2, -0.15) is 5.10 Å². The minimum absolute atomic E-state index is 0.0864. The Morgan fingerprint density at radius 3 is 2.37 bits per heavy atom. The molecule has 35 heavy (non-hydrogen) atoms. The Balaban J connectivity index is 1.37. The largest absolute Gasteiger partial charge is 0.336 e. The van der Waals surface area contributed by atoms with Crippen molar-refractivity contribution in [1.29, 1.82) is 0 Å². The summed E-state index contributed by atoms with van der Waals surface area (Å²) in [5.74, 6) is -2.61. The van der Waals surface area contributed by atoms with E-state index in [0.29, 0.717) is 37.7 Å². The lowest BCUT2D eigenvalue weighted by atomic mass is 10.1. The van der Waals surface area contributed by atoms with Gasteiger partial charge in [0.1, 0.15) is 0 Å². The van der Waals surface area contributed by atoms with Gasteiger partial charge >= 0.3 is 0 Å². The first-order chi connectivity index (χ1) is 16.7. The molecule has 1 aliphatic heterocycles. The molecule has 0 saturated carbocycles. The second-order valence-corrected chi connectivity index (χ2v) is 8.82. The van der Waals surface area contributed by atoms with E-state index in [1.807, 2.05) is 42.8 Å². The molecule has 2 aromatic carbocycles.